The maximum atomic E-state index is 9.10. The average molecular weight is 397 g/mol. The number of hydrogen-bond donors (Lipinski definition) is 5. The second-order valence-electron chi connectivity index (χ2n) is 5.81. The summed E-state index contributed by atoms with van der Waals surface area (Å²) in [5.41, 5.74) is 1.18. The van der Waals surface area contributed by atoms with Crippen LogP contribution in [0.4, 0.5) is 11.6 Å². The summed E-state index contributed by atoms with van der Waals surface area (Å²) >= 11 is 0. The Kier molecular flexibility index (Phi) is 8.84. The minimum absolute atomic E-state index is 0.670. The number of aliphatic carboxylic acids is 2. The first kappa shape index (κ1) is 21.6. The van der Waals surface area contributed by atoms with Gasteiger partial charge < -0.3 is 26.2 Å². The number of nitrogens with one attached hydrogen (secondary N) is 3. The zero-order valence-electron chi connectivity index (χ0n) is 15.7. The molecular formula is C20H23N5O4. The van der Waals surface area contributed by atoms with Crippen LogP contribution in [0.5, 0.6) is 0 Å². The van der Waals surface area contributed by atoms with Crippen molar-refractivity contribution >= 4 is 34.3 Å². The Morgan fingerprint density at radius 3 is 2.07 bits per heavy atom. The molecule has 0 atom stereocenters. The molecule has 3 aromatic rings. The molecular weight excluding hydrogens is 374 g/mol. The van der Waals surface area contributed by atoms with E-state index in [-0.39, 0.29) is 0 Å². The summed E-state index contributed by atoms with van der Waals surface area (Å²) in [7, 11) is 0. The van der Waals surface area contributed by atoms with E-state index in [9.17, 15) is 0 Å². The van der Waals surface area contributed by atoms with Crippen LogP contribution in [0, 0.1) is 0 Å². The first-order chi connectivity index (χ1) is 14.1. The maximum Gasteiger partial charge on any atom is 0.414 e. The van der Waals surface area contributed by atoms with E-state index >= 15 is 0 Å². The van der Waals surface area contributed by atoms with Gasteiger partial charge >= 0.3 is 11.9 Å². The summed E-state index contributed by atoms with van der Waals surface area (Å²) in [4.78, 5) is 26.4. The van der Waals surface area contributed by atoms with E-state index < -0.39 is 11.9 Å². The van der Waals surface area contributed by atoms with Crippen LogP contribution < -0.4 is 16.0 Å². The predicted octanol–water partition coefficient (Wildman–Crippen LogP) is 1.90. The SMILES string of the molecule is O=C(O)C(=O)O.c1cnc(NCCNCCNc2cccc3ccccc23)nc1. The first-order valence-electron chi connectivity index (χ1n) is 8.97. The summed E-state index contributed by atoms with van der Waals surface area (Å²) in [5, 5.41) is 27.4. The quantitative estimate of drug-likeness (QED) is 0.285. The van der Waals surface area contributed by atoms with Crippen LogP contribution >= 0.6 is 0 Å². The maximum absolute atomic E-state index is 9.10. The normalized spacial score (nSPS) is 9.93. The summed E-state index contributed by atoms with van der Waals surface area (Å²) in [5.74, 6) is -2.98. The highest BCUT2D eigenvalue weighted by Gasteiger charge is 2.04. The molecule has 0 aliphatic carbocycles. The molecule has 0 radical (unpaired) electrons. The van der Waals surface area contributed by atoms with Crippen LogP contribution in [0.3, 0.4) is 0 Å². The van der Waals surface area contributed by atoms with E-state index in [1.807, 2.05) is 6.07 Å². The highest BCUT2D eigenvalue weighted by atomic mass is 16.4. The zero-order chi connectivity index (χ0) is 20.9. The third kappa shape index (κ3) is 7.81. The summed E-state index contributed by atoms with van der Waals surface area (Å²) in [6.45, 7) is 3.46. The number of aromatic nitrogens is 2. The van der Waals surface area contributed by atoms with Crippen molar-refractivity contribution in [3.63, 3.8) is 0 Å². The molecule has 2 aromatic carbocycles. The van der Waals surface area contributed by atoms with Gasteiger partial charge in [-0.2, -0.15) is 0 Å². The summed E-state index contributed by atoms with van der Waals surface area (Å²) in [6, 6.07) is 16.6. The Hall–Kier alpha value is -3.72. The van der Waals surface area contributed by atoms with Gasteiger partial charge in [-0.05, 0) is 17.5 Å². The van der Waals surface area contributed by atoms with Gasteiger partial charge in [-0.1, -0.05) is 36.4 Å². The van der Waals surface area contributed by atoms with Crippen molar-refractivity contribution in [2.45, 2.75) is 0 Å². The third-order valence-corrected chi connectivity index (χ3v) is 3.74. The molecule has 9 nitrogen and oxygen atoms in total. The average Bonchev–Trinajstić information content (AvgIpc) is 2.74. The van der Waals surface area contributed by atoms with Crippen molar-refractivity contribution < 1.29 is 19.8 Å². The van der Waals surface area contributed by atoms with Crippen molar-refractivity contribution in [3.05, 3.63) is 60.9 Å². The van der Waals surface area contributed by atoms with Crippen LogP contribution in [0.2, 0.25) is 0 Å². The molecule has 3 rings (SSSR count). The number of rotatable bonds is 8. The highest BCUT2D eigenvalue weighted by molar-refractivity contribution is 6.27. The third-order valence-electron chi connectivity index (χ3n) is 3.74. The Labute approximate surface area is 167 Å². The monoisotopic (exact) mass is 397 g/mol. The van der Waals surface area contributed by atoms with E-state index in [2.05, 4.69) is 68.4 Å². The van der Waals surface area contributed by atoms with Crippen LogP contribution in [0.15, 0.2) is 60.9 Å². The molecule has 0 fully saturated rings. The fraction of sp³-hybridized carbons (Fsp3) is 0.200. The van der Waals surface area contributed by atoms with E-state index in [0.717, 1.165) is 26.2 Å². The zero-order valence-corrected chi connectivity index (χ0v) is 15.7. The molecule has 0 aliphatic heterocycles. The van der Waals surface area contributed by atoms with Crippen molar-refractivity contribution in [2.24, 2.45) is 0 Å². The Balaban J connectivity index is 0.000000438. The van der Waals surface area contributed by atoms with Crippen LogP contribution in [0.1, 0.15) is 0 Å². The molecule has 0 saturated carbocycles. The van der Waals surface area contributed by atoms with Crippen molar-refractivity contribution in [2.75, 3.05) is 36.8 Å². The molecule has 0 spiro atoms. The van der Waals surface area contributed by atoms with Crippen LogP contribution in [-0.2, 0) is 9.59 Å². The van der Waals surface area contributed by atoms with Gasteiger partial charge in [0.25, 0.3) is 0 Å². The number of hydrogen-bond acceptors (Lipinski definition) is 7. The minimum atomic E-state index is -1.82. The summed E-state index contributed by atoms with van der Waals surface area (Å²) < 4.78 is 0. The molecule has 9 heteroatoms. The first-order valence-corrected chi connectivity index (χ1v) is 8.97. The Morgan fingerprint density at radius 1 is 0.759 bits per heavy atom. The molecule has 0 unspecified atom stereocenters. The molecule has 1 heterocycles. The number of carboxylic acids is 2. The van der Waals surface area contributed by atoms with Crippen LogP contribution in [0.25, 0.3) is 10.8 Å². The van der Waals surface area contributed by atoms with Gasteiger partial charge in [-0.25, -0.2) is 19.6 Å². The highest BCUT2D eigenvalue weighted by Crippen LogP contribution is 2.22. The van der Waals surface area contributed by atoms with E-state index in [1.165, 1.54) is 16.5 Å². The molecule has 0 amide bonds. The standard InChI is InChI=1S/C18H21N5.C2H2O4/c1-2-7-16-15(5-1)6-3-8-17(16)20-13-11-19-12-14-23-18-21-9-4-10-22-18;3-1(4)2(5)6/h1-10,19-20H,11-14H2,(H,21,22,23);(H,3,4)(H,5,6). The van der Waals surface area contributed by atoms with Gasteiger partial charge in [0.05, 0.1) is 0 Å². The topological polar surface area (TPSA) is 136 Å². The van der Waals surface area contributed by atoms with Gasteiger partial charge in [0, 0.05) is 49.6 Å². The van der Waals surface area contributed by atoms with Gasteiger partial charge in [-0.3, -0.25) is 0 Å². The molecule has 5 N–H and O–H groups in total. The molecule has 0 aliphatic rings. The second kappa shape index (κ2) is 11.9. The number of carboxylic acid groups (broad SMARTS) is 2. The van der Waals surface area contributed by atoms with E-state index in [0.29, 0.717) is 5.95 Å². The number of benzene rings is 2. The van der Waals surface area contributed by atoms with E-state index in [4.69, 9.17) is 19.8 Å². The molecule has 1 aromatic heterocycles. The lowest BCUT2D eigenvalue weighted by Gasteiger charge is -2.11. The van der Waals surface area contributed by atoms with Crippen molar-refractivity contribution in [1.82, 2.24) is 15.3 Å². The smallest absolute Gasteiger partial charge is 0.414 e. The van der Waals surface area contributed by atoms with Crippen molar-refractivity contribution in [3.8, 4) is 0 Å². The fourth-order valence-corrected chi connectivity index (χ4v) is 2.44. The molecule has 0 bridgehead atoms. The van der Waals surface area contributed by atoms with E-state index in [1.54, 1.807) is 12.4 Å². The number of nitrogens with zero attached hydrogens (tertiary/aromatic N) is 2. The lowest BCUT2D eigenvalue weighted by atomic mass is 10.1. The summed E-state index contributed by atoms with van der Waals surface area (Å²) in [6.07, 6.45) is 3.47. The van der Waals surface area contributed by atoms with Crippen LogP contribution in [-0.4, -0.2) is 58.3 Å². The largest absolute Gasteiger partial charge is 0.473 e. The Morgan fingerprint density at radius 2 is 1.38 bits per heavy atom. The molecule has 29 heavy (non-hydrogen) atoms. The lowest BCUT2D eigenvalue weighted by Crippen LogP contribution is -2.27. The molecule has 152 valence electrons. The molecule has 0 saturated heterocycles. The van der Waals surface area contributed by atoms with Gasteiger partial charge in [0.15, 0.2) is 0 Å². The van der Waals surface area contributed by atoms with Gasteiger partial charge in [0.1, 0.15) is 0 Å². The number of anilines is 2. The minimum Gasteiger partial charge on any atom is -0.473 e. The van der Waals surface area contributed by atoms with Gasteiger partial charge in [-0.15, -0.1) is 0 Å². The van der Waals surface area contributed by atoms with Crippen molar-refractivity contribution in [1.29, 1.82) is 0 Å². The predicted molar refractivity (Wildman–Crippen MR) is 111 cm³/mol. The number of fused-ring (bicyclic) bond motifs is 1. The lowest BCUT2D eigenvalue weighted by molar-refractivity contribution is -0.159. The number of carbonyl (C=O) groups is 2. The Bertz CT molecular complexity index is 904. The fourth-order valence-electron chi connectivity index (χ4n) is 2.44. The second-order valence-corrected chi connectivity index (χ2v) is 5.81. The van der Waals surface area contributed by atoms with Gasteiger partial charge in [0.2, 0.25) is 5.95 Å².